The third-order valence-corrected chi connectivity index (χ3v) is 4.14. The molecule has 1 aromatic carbocycles. The third kappa shape index (κ3) is 2.22. The number of rotatable bonds is 4. The monoisotopic (exact) mass is 287 g/mol. The van der Waals surface area contributed by atoms with Gasteiger partial charge >= 0.3 is 0 Å². The van der Waals surface area contributed by atoms with Crippen LogP contribution < -0.4 is 5.73 Å². The number of anilines is 1. The summed E-state index contributed by atoms with van der Waals surface area (Å²) in [6, 6.07) is 5.96. The van der Waals surface area contributed by atoms with Crippen LogP contribution in [0, 0.1) is 6.92 Å². The summed E-state index contributed by atoms with van der Waals surface area (Å²) in [7, 11) is 0. The minimum Gasteiger partial charge on any atom is -0.383 e. The Balaban J connectivity index is 2.10. The van der Waals surface area contributed by atoms with Crippen molar-refractivity contribution in [3.8, 4) is 11.3 Å². The quantitative estimate of drug-likeness (QED) is 0.858. The van der Waals surface area contributed by atoms with Crippen LogP contribution in [0.1, 0.15) is 30.1 Å². The van der Waals surface area contributed by atoms with Crippen LogP contribution in [0.25, 0.3) is 11.3 Å². The van der Waals surface area contributed by atoms with E-state index in [-0.39, 0.29) is 0 Å². The van der Waals surface area contributed by atoms with Gasteiger partial charge in [0.05, 0.1) is 0 Å². The van der Waals surface area contributed by atoms with Crippen molar-refractivity contribution in [3.63, 3.8) is 0 Å². The molecule has 0 radical (unpaired) electrons. The molecule has 4 heteroatoms. The number of aryl methyl sites for hydroxylation is 1. The average Bonchev–Trinajstić information content (AvgIpc) is 3.21. The molecule has 1 heterocycles. The van der Waals surface area contributed by atoms with Crippen LogP contribution in [-0.2, 0) is 6.54 Å². The first-order valence-corrected chi connectivity index (χ1v) is 7.23. The highest BCUT2D eigenvalue weighted by atomic mass is 35.5. The number of aromatic nitrogens is 2. The van der Waals surface area contributed by atoms with Crippen LogP contribution in [0.4, 0.5) is 5.82 Å². The van der Waals surface area contributed by atoms with E-state index in [0.717, 1.165) is 27.7 Å². The highest BCUT2D eigenvalue weighted by Gasteiger charge is 2.30. The van der Waals surface area contributed by atoms with E-state index in [4.69, 9.17) is 22.3 Å². The van der Waals surface area contributed by atoms with Crippen molar-refractivity contribution < 1.29 is 0 Å². The Labute approximate surface area is 124 Å². The molecule has 0 spiro atoms. The summed E-state index contributed by atoms with van der Waals surface area (Å²) < 4.78 is 2.06. The Morgan fingerprint density at radius 2 is 2.25 bits per heavy atom. The van der Waals surface area contributed by atoms with E-state index in [2.05, 4.69) is 11.1 Å². The molecule has 3 rings (SSSR count). The summed E-state index contributed by atoms with van der Waals surface area (Å²) in [4.78, 5) is 4.76. The Hall–Kier alpha value is -1.74. The van der Waals surface area contributed by atoms with Crippen molar-refractivity contribution in [1.82, 2.24) is 9.55 Å². The van der Waals surface area contributed by atoms with E-state index in [1.165, 1.54) is 12.8 Å². The summed E-state index contributed by atoms with van der Waals surface area (Å²) in [6.07, 6.45) is 4.25. The zero-order chi connectivity index (χ0) is 14.3. The smallest absolute Gasteiger partial charge is 0.132 e. The summed E-state index contributed by atoms with van der Waals surface area (Å²) >= 11 is 6.21. The molecule has 3 nitrogen and oxygen atoms in total. The molecule has 0 atom stereocenters. The van der Waals surface area contributed by atoms with E-state index in [0.29, 0.717) is 18.3 Å². The zero-order valence-corrected chi connectivity index (χ0v) is 12.3. The van der Waals surface area contributed by atoms with Gasteiger partial charge in [-0.05, 0) is 31.4 Å². The first-order valence-electron chi connectivity index (χ1n) is 6.85. The lowest BCUT2D eigenvalue weighted by atomic mass is 10.1. The molecule has 1 fully saturated rings. The van der Waals surface area contributed by atoms with Crippen LogP contribution >= 0.6 is 11.6 Å². The molecule has 0 aliphatic heterocycles. The highest BCUT2D eigenvalue weighted by Crippen LogP contribution is 2.42. The maximum absolute atomic E-state index is 6.29. The SMILES string of the molecule is C=CCn1c(C2CC2)nc(-c2ccc(C)c(Cl)c2)c1N. The molecule has 1 aliphatic rings. The fraction of sp³-hybridized carbons (Fsp3) is 0.312. The second kappa shape index (κ2) is 4.98. The molecular formula is C16H18ClN3. The topological polar surface area (TPSA) is 43.8 Å². The second-order valence-corrected chi connectivity index (χ2v) is 5.75. The van der Waals surface area contributed by atoms with Gasteiger partial charge in [0, 0.05) is 23.0 Å². The van der Waals surface area contributed by atoms with E-state index in [9.17, 15) is 0 Å². The molecule has 1 aromatic heterocycles. The fourth-order valence-corrected chi connectivity index (χ4v) is 2.59. The lowest BCUT2D eigenvalue weighted by molar-refractivity contribution is 0.750. The number of halogens is 1. The van der Waals surface area contributed by atoms with Gasteiger partial charge in [0.15, 0.2) is 0 Å². The van der Waals surface area contributed by atoms with Crippen molar-refractivity contribution in [1.29, 1.82) is 0 Å². The predicted octanol–water partition coefficient (Wildman–Crippen LogP) is 4.16. The molecule has 2 aromatic rings. The number of allylic oxidation sites excluding steroid dienone is 1. The molecule has 1 aliphatic carbocycles. The molecule has 0 unspecified atom stereocenters. The van der Waals surface area contributed by atoms with Gasteiger partial charge in [0.1, 0.15) is 17.3 Å². The van der Waals surface area contributed by atoms with E-state index in [1.807, 2.05) is 31.2 Å². The van der Waals surface area contributed by atoms with Gasteiger partial charge in [0.2, 0.25) is 0 Å². The van der Waals surface area contributed by atoms with Crippen molar-refractivity contribution in [2.75, 3.05) is 5.73 Å². The Morgan fingerprint density at radius 1 is 1.50 bits per heavy atom. The molecule has 1 saturated carbocycles. The van der Waals surface area contributed by atoms with Crippen LogP contribution in [0.2, 0.25) is 5.02 Å². The van der Waals surface area contributed by atoms with Crippen LogP contribution in [-0.4, -0.2) is 9.55 Å². The van der Waals surface area contributed by atoms with Crippen molar-refractivity contribution in [2.45, 2.75) is 32.2 Å². The summed E-state index contributed by atoms with van der Waals surface area (Å²) in [6.45, 7) is 6.49. The predicted molar refractivity (Wildman–Crippen MR) is 84.0 cm³/mol. The van der Waals surface area contributed by atoms with Crippen molar-refractivity contribution in [3.05, 3.63) is 47.3 Å². The van der Waals surface area contributed by atoms with Crippen molar-refractivity contribution >= 4 is 17.4 Å². The first kappa shape index (κ1) is 13.3. The minimum absolute atomic E-state index is 0.548. The maximum Gasteiger partial charge on any atom is 0.132 e. The second-order valence-electron chi connectivity index (χ2n) is 5.34. The van der Waals surface area contributed by atoms with Gasteiger partial charge in [-0.2, -0.15) is 0 Å². The maximum atomic E-state index is 6.29. The number of nitrogens with two attached hydrogens (primary N) is 1. The van der Waals surface area contributed by atoms with Gasteiger partial charge in [-0.25, -0.2) is 4.98 Å². The number of nitrogen functional groups attached to an aromatic ring is 1. The number of nitrogens with zero attached hydrogens (tertiary/aromatic N) is 2. The standard InChI is InChI=1S/C16H18ClN3/c1-3-8-20-15(18)14(19-16(20)11-6-7-11)12-5-4-10(2)13(17)9-12/h3-5,9,11H,1,6-8,18H2,2H3. The molecule has 0 amide bonds. The lowest BCUT2D eigenvalue weighted by Crippen LogP contribution is -2.05. The van der Waals surface area contributed by atoms with Crippen LogP contribution in [0.5, 0.6) is 0 Å². The van der Waals surface area contributed by atoms with E-state index < -0.39 is 0 Å². The summed E-state index contributed by atoms with van der Waals surface area (Å²) in [5.74, 6) is 2.33. The van der Waals surface area contributed by atoms with Crippen molar-refractivity contribution in [2.24, 2.45) is 0 Å². The third-order valence-electron chi connectivity index (χ3n) is 3.74. The molecule has 20 heavy (non-hydrogen) atoms. The average molecular weight is 288 g/mol. The first-order chi connectivity index (χ1) is 9.61. The molecule has 2 N–H and O–H groups in total. The van der Waals surface area contributed by atoms with Crippen LogP contribution in [0.15, 0.2) is 30.9 Å². The summed E-state index contributed by atoms with van der Waals surface area (Å²) in [5.41, 5.74) is 9.15. The fourth-order valence-electron chi connectivity index (χ4n) is 2.41. The number of hydrogen-bond donors (Lipinski definition) is 1. The van der Waals surface area contributed by atoms with Gasteiger partial charge in [0.25, 0.3) is 0 Å². The Morgan fingerprint density at radius 3 is 2.85 bits per heavy atom. The van der Waals surface area contributed by atoms with E-state index in [1.54, 1.807) is 0 Å². The summed E-state index contributed by atoms with van der Waals surface area (Å²) in [5, 5.41) is 0.744. The highest BCUT2D eigenvalue weighted by molar-refractivity contribution is 6.31. The number of imidazole rings is 1. The normalized spacial score (nSPS) is 14.5. The lowest BCUT2D eigenvalue weighted by Gasteiger charge is -2.06. The van der Waals surface area contributed by atoms with Crippen LogP contribution in [0.3, 0.4) is 0 Å². The minimum atomic E-state index is 0.548. The van der Waals surface area contributed by atoms with E-state index >= 15 is 0 Å². The molecule has 0 saturated heterocycles. The van der Waals surface area contributed by atoms with Gasteiger partial charge < -0.3 is 10.3 Å². The van der Waals surface area contributed by atoms with Gasteiger partial charge in [-0.1, -0.05) is 29.8 Å². The van der Waals surface area contributed by atoms with Gasteiger partial charge in [-0.3, -0.25) is 0 Å². The molecular weight excluding hydrogens is 270 g/mol. The largest absolute Gasteiger partial charge is 0.383 e. The number of hydrogen-bond acceptors (Lipinski definition) is 2. The zero-order valence-electron chi connectivity index (χ0n) is 11.6. The Kier molecular flexibility index (Phi) is 3.30. The Bertz CT molecular complexity index is 669. The molecule has 104 valence electrons. The van der Waals surface area contributed by atoms with Gasteiger partial charge in [-0.15, -0.1) is 6.58 Å². The number of benzene rings is 1. The molecule has 0 bridgehead atoms.